The van der Waals surface area contributed by atoms with Crippen LogP contribution in [0.25, 0.3) is 0 Å². The maximum Gasteiger partial charge on any atom is 0.141 e. The van der Waals surface area contributed by atoms with Crippen LogP contribution < -0.4 is 5.32 Å². The Kier molecular flexibility index (Phi) is 2.88. The summed E-state index contributed by atoms with van der Waals surface area (Å²) in [5.41, 5.74) is 3.77. The van der Waals surface area contributed by atoms with Crippen molar-refractivity contribution in [1.29, 1.82) is 0 Å². The lowest BCUT2D eigenvalue weighted by Crippen LogP contribution is -2.30. The molecular formula is C11H12INO. The second kappa shape index (κ2) is 3.98. The van der Waals surface area contributed by atoms with Gasteiger partial charge in [0.1, 0.15) is 6.29 Å². The Morgan fingerprint density at radius 1 is 1.57 bits per heavy atom. The Morgan fingerprint density at radius 2 is 2.36 bits per heavy atom. The van der Waals surface area contributed by atoms with E-state index in [9.17, 15) is 4.79 Å². The molecule has 0 aliphatic carbocycles. The zero-order chi connectivity index (χ0) is 10.1. The zero-order valence-electron chi connectivity index (χ0n) is 8.01. The van der Waals surface area contributed by atoms with E-state index in [0.29, 0.717) is 0 Å². The van der Waals surface area contributed by atoms with Gasteiger partial charge in [0.05, 0.1) is 6.04 Å². The van der Waals surface area contributed by atoms with E-state index < -0.39 is 0 Å². The van der Waals surface area contributed by atoms with Gasteiger partial charge in [-0.2, -0.15) is 0 Å². The number of benzene rings is 1. The first-order valence-electron chi connectivity index (χ1n) is 4.70. The Balaban J connectivity index is 2.52. The van der Waals surface area contributed by atoms with E-state index in [1.165, 1.54) is 14.7 Å². The third-order valence-corrected chi connectivity index (χ3v) is 3.81. The molecule has 1 aliphatic rings. The lowest BCUT2D eigenvalue weighted by atomic mass is 9.93. The van der Waals surface area contributed by atoms with Crippen LogP contribution >= 0.6 is 22.6 Å². The highest BCUT2D eigenvalue weighted by atomic mass is 127. The van der Waals surface area contributed by atoms with Crippen molar-refractivity contribution in [3.8, 4) is 0 Å². The Hall–Kier alpha value is -0.420. The minimum Gasteiger partial charge on any atom is -0.304 e. The van der Waals surface area contributed by atoms with Crippen molar-refractivity contribution < 1.29 is 4.79 Å². The summed E-state index contributed by atoms with van der Waals surface area (Å²) in [5.74, 6) is 0. The maximum atomic E-state index is 10.9. The molecule has 2 rings (SSSR count). The quantitative estimate of drug-likeness (QED) is 0.635. The molecule has 1 atom stereocenters. The smallest absolute Gasteiger partial charge is 0.141 e. The molecule has 1 aliphatic heterocycles. The van der Waals surface area contributed by atoms with Crippen LogP contribution in [0.5, 0.6) is 0 Å². The summed E-state index contributed by atoms with van der Waals surface area (Å²) in [7, 11) is 0. The number of nitrogens with one attached hydrogen (secondary N) is 1. The molecule has 0 spiro atoms. The van der Waals surface area contributed by atoms with E-state index in [-0.39, 0.29) is 6.04 Å². The van der Waals surface area contributed by atoms with Crippen LogP contribution in [0.2, 0.25) is 0 Å². The van der Waals surface area contributed by atoms with E-state index in [0.717, 1.165) is 24.8 Å². The van der Waals surface area contributed by atoms with Gasteiger partial charge in [-0.3, -0.25) is 0 Å². The molecule has 1 heterocycles. The van der Waals surface area contributed by atoms with Gasteiger partial charge in [0, 0.05) is 10.1 Å². The summed E-state index contributed by atoms with van der Waals surface area (Å²) in [5, 5.41) is 3.20. The van der Waals surface area contributed by atoms with Crippen LogP contribution in [-0.2, 0) is 11.2 Å². The molecule has 74 valence electrons. The zero-order valence-corrected chi connectivity index (χ0v) is 10.2. The molecule has 1 unspecified atom stereocenters. The lowest BCUT2D eigenvalue weighted by Gasteiger charge is -2.23. The van der Waals surface area contributed by atoms with E-state index >= 15 is 0 Å². The summed E-state index contributed by atoms with van der Waals surface area (Å²) in [6.45, 7) is 3.01. The highest BCUT2D eigenvalue weighted by Crippen LogP contribution is 2.25. The van der Waals surface area contributed by atoms with E-state index in [4.69, 9.17) is 0 Å². The molecule has 14 heavy (non-hydrogen) atoms. The number of aldehydes is 1. The van der Waals surface area contributed by atoms with Crippen molar-refractivity contribution in [1.82, 2.24) is 5.32 Å². The van der Waals surface area contributed by atoms with Gasteiger partial charge in [0.2, 0.25) is 0 Å². The van der Waals surface area contributed by atoms with Gasteiger partial charge < -0.3 is 10.1 Å². The third kappa shape index (κ3) is 1.70. The molecule has 1 aromatic rings. The van der Waals surface area contributed by atoms with E-state index in [1.54, 1.807) is 0 Å². The average molecular weight is 301 g/mol. The van der Waals surface area contributed by atoms with E-state index in [2.05, 4.69) is 47.0 Å². The molecular weight excluding hydrogens is 289 g/mol. The van der Waals surface area contributed by atoms with Gasteiger partial charge in [-0.05, 0) is 58.7 Å². The number of carbonyl (C=O) groups is 1. The molecule has 3 heteroatoms. The van der Waals surface area contributed by atoms with Crippen LogP contribution in [-0.4, -0.2) is 12.8 Å². The van der Waals surface area contributed by atoms with Crippen LogP contribution in [0.15, 0.2) is 12.1 Å². The minimum atomic E-state index is -0.104. The minimum absolute atomic E-state index is 0.104. The summed E-state index contributed by atoms with van der Waals surface area (Å²) in [6, 6.07) is 4.22. The number of hydrogen-bond acceptors (Lipinski definition) is 2. The summed E-state index contributed by atoms with van der Waals surface area (Å²) in [6.07, 6.45) is 2.01. The molecule has 0 aromatic heterocycles. The summed E-state index contributed by atoms with van der Waals surface area (Å²) in [4.78, 5) is 10.9. The topological polar surface area (TPSA) is 29.1 Å². The Bertz CT molecular complexity index is 376. The first kappa shape index (κ1) is 10.1. The normalized spacial score (nSPS) is 20.3. The fraction of sp³-hybridized carbons (Fsp3) is 0.364. The monoisotopic (exact) mass is 301 g/mol. The molecule has 1 aromatic carbocycles. The van der Waals surface area contributed by atoms with Crippen molar-refractivity contribution in [2.75, 3.05) is 6.54 Å². The van der Waals surface area contributed by atoms with Gasteiger partial charge in [-0.15, -0.1) is 0 Å². The number of aryl methyl sites for hydroxylation is 1. The average Bonchev–Trinajstić information content (AvgIpc) is 2.19. The third-order valence-electron chi connectivity index (χ3n) is 2.65. The molecule has 0 saturated carbocycles. The number of fused-ring (bicyclic) bond motifs is 1. The first-order chi connectivity index (χ1) is 6.72. The molecule has 0 bridgehead atoms. The molecule has 0 fully saturated rings. The maximum absolute atomic E-state index is 10.9. The van der Waals surface area contributed by atoms with E-state index in [1.807, 2.05) is 0 Å². The van der Waals surface area contributed by atoms with Gasteiger partial charge >= 0.3 is 0 Å². The van der Waals surface area contributed by atoms with Crippen molar-refractivity contribution in [2.24, 2.45) is 0 Å². The van der Waals surface area contributed by atoms with Crippen molar-refractivity contribution >= 4 is 28.9 Å². The number of hydrogen-bond donors (Lipinski definition) is 1. The molecule has 2 nitrogen and oxygen atoms in total. The predicted octanol–water partition coefficient (Wildman–Crippen LogP) is 1.99. The second-order valence-corrected chi connectivity index (χ2v) is 4.78. The largest absolute Gasteiger partial charge is 0.304 e. The van der Waals surface area contributed by atoms with Crippen molar-refractivity contribution in [2.45, 2.75) is 19.4 Å². The molecule has 0 amide bonds. The predicted molar refractivity (Wildman–Crippen MR) is 64.4 cm³/mol. The second-order valence-electron chi connectivity index (χ2n) is 3.62. The first-order valence-corrected chi connectivity index (χ1v) is 5.78. The molecule has 0 radical (unpaired) electrons. The number of rotatable bonds is 1. The van der Waals surface area contributed by atoms with Crippen LogP contribution in [0, 0.1) is 10.5 Å². The summed E-state index contributed by atoms with van der Waals surface area (Å²) >= 11 is 2.31. The van der Waals surface area contributed by atoms with Crippen LogP contribution in [0.1, 0.15) is 22.7 Å². The number of halogens is 1. The van der Waals surface area contributed by atoms with Gasteiger partial charge in [0.25, 0.3) is 0 Å². The summed E-state index contributed by atoms with van der Waals surface area (Å²) < 4.78 is 1.23. The molecule has 1 N–H and O–H groups in total. The van der Waals surface area contributed by atoms with Gasteiger partial charge in [-0.1, -0.05) is 6.07 Å². The van der Waals surface area contributed by atoms with Crippen molar-refractivity contribution in [3.63, 3.8) is 0 Å². The highest BCUT2D eigenvalue weighted by molar-refractivity contribution is 14.1. The molecule has 0 saturated heterocycles. The fourth-order valence-electron chi connectivity index (χ4n) is 1.86. The SMILES string of the molecule is Cc1cc2c(cc1I)C(C=O)NCC2. The standard InChI is InChI=1S/C11H12INO/c1-7-4-8-2-3-13-11(6-14)9(8)5-10(7)12/h4-6,11,13H,2-3H2,1H3. The van der Waals surface area contributed by atoms with Crippen LogP contribution in [0.3, 0.4) is 0 Å². The van der Waals surface area contributed by atoms with Crippen LogP contribution in [0.4, 0.5) is 0 Å². The Labute approximate surface area is 97.2 Å². The van der Waals surface area contributed by atoms with Gasteiger partial charge in [0.15, 0.2) is 0 Å². The lowest BCUT2D eigenvalue weighted by molar-refractivity contribution is -0.109. The Morgan fingerprint density at radius 3 is 3.07 bits per heavy atom. The number of carbonyl (C=O) groups excluding carboxylic acids is 1. The van der Waals surface area contributed by atoms with Gasteiger partial charge in [-0.25, -0.2) is 0 Å². The fourth-order valence-corrected chi connectivity index (χ4v) is 2.35. The van der Waals surface area contributed by atoms with Crippen molar-refractivity contribution in [3.05, 3.63) is 32.4 Å². The highest BCUT2D eigenvalue weighted by Gasteiger charge is 2.19.